The average molecular weight is 361 g/mol. The Hall–Kier alpha value is -1.77. The molecule has 1 saturated heterocycles. The van der Waals surface area contributed by atoms with Crippen LogP contribution >= 0.6 is 12.4 Å². The van der Waals surface area contributed by atoms with Gasteiger partial charge in [0.05, 0.1) is 10.8 Å². The predicted octanol–water partition coefficient (Wildman–Crippen LogP) is 1.44. The number of hydrogen-bond acceptors (Lipinski definition) is 5. The summed E-state index contributed by atoms with van der Waals surface area (Å²) in [6, 6.07) is 3.46. The molecule has 0 aliphatic carbocycles. The van der Waals surface area contributed by atoms with E-state index in [1.165, 1.54) is 12.1 Å². The zero-order valence-electron chi connectivity index (χ0n) is 13.2. The minimum atomic E-state index is -0.510. The first-order chi connectivity index (χ1) is 11.0. The Balaban J connectivity index is 0.00000288. The number of nitrogens with zero attached hydrogens (tertiary/aromatic N) is 2. The van der Waals surface area contributed by atoms with Crippen LogP contribution in [0.25, 0.3) is 0 Å². The second kappa shape index (κ2) is 9.51. The van der Waals surface area contributed by atoms with Crippen LogP contribution in [0.1, 0.15) is 18.4 Å². The number of likely N-dealkylation sites (tertiary alicyclic amines) is 1. The van der Waals surface area contributed by atoms with Gasteiger partial charge in [0.15, 0.2) is 0 Å². The molecule has 24 heavy (non-hydrogen) atoms. The molecule has 1 aromatic carbocycles. The molecule has 3 N–H and O–H groups in total. The molecule has 1 unspecified atom stereocenters. The summed E-state index contributed by atoms with van der Waals surface area (Å²) in [6.07, 6.45) is 1.60. The zero-order chi connectivity index (χ0) is 16.8. The van der Waals surface area contributed by atoms with E-state index < -0.39 is 10.7 Å². The van der Waals surface area contributed by atoms with Gasteiger partial charge >= 0.3 is 0 Å². The maximum absolute atomic E-state index is 13.4. The van der Waals surface area contributed by atoms with Gasteiger partial charge in [0.2, 0.25) is 5.91 Å². The van der Waals surface area contributed by atoms with E-state index in [-0.39, 0.29) is 36.5 Å². The summed E-state index contributed by atoms with van der Waals surface area (Å²) in [4.78, 5) is 24.5. The first-order valence-electron chi connectivity index (χ1n) is 7.64. The summed E-state index contributed by atoms with van der Waals surface area (Å²) in [5.74, 6) is -0.711. The molecule has 0 bridgehead atoms. The van der Waals surface area contributed by atoms with Crippen LogP contribution in [0.3, 0.4) is 0 Å². The molecule has 1 aromatic rings. The van der Waals surface area contributed by atoms with Gasteiger partial charge in [-0.3, -0.25) is 19.8 Å². The second-order valence-corrected chi connectivity index (χ2v) is 5.68. The van der Waals surface area contributed by atoms with Crippen LogP contribution in [0.5, 0.6) is 0 Å². The van der Waals surface area contributed by atoms with Crippen LogP contribution < -0.4 is 11.1 Å². The van der Waals surface area contributed by atoms with Crippen molar-refractivity contribution in [1.29, 1.82) is 0 Å². The van der Waals surface area contributed by atoms with E-state index in [4.69, 9.17) is 5.73 Å². The number of piperidine rings is 1. The summed E-state index contributed by atoms with van der Waals surface area (Å²) in [6.45, 7) is 2.31. The topological polar surface area (TPSA) is 102 Å². The van der Waals surface area contributed by atoms with E-state index >= 15 is 0 Å². The fourth-order valence-electron chi connectivity index (χ4n) is 2.85. The molecule has 1 aliphatic heterocycles. The van der Waals surface area contributed by atoms with E-state index in [2.05, 4.69) is 5.32 Å². The van der Waals surface area contributed by atoms with Crippen LogP contribution in [-0.2, 0) is 11.3 Å². The van der Waals surface area contributed by atoms with Crippen molar-refractivity contribution < 1.29 is 14.1 Å². The number of nitro benzene ring substituents is 1. The van der Waals surface area contributed by atoms with Crippen LogP contribution in [-0.4, -0.2) is 41.9 Å². The van der Waals surface area contributed by atoms with Crippen molar-refractivity contribution >= 4 is 24.0 Å². The van der Waals surface area contributed by atoms with Crippen molar-refractivity contribution in [3.63, 3.8) is 0 Å². The molecule has 1 heterocycles. The highest BCUT2D eigenvalue weighted by Crippen LogP contribution is 2.24. The fraction of sp³-hybridized carbons (Fsp3) is 0.533. The molecule has 1 atom stereocenters. The number of rotatable bonds is 6. The van der Waals surface area contributed by atoms with Crippen LogP contribution in [0.2, 0.25) is 0 Å². The molecule has 0 aromatic heterocycles. The molecule has 1 amide bonds. The van der Waals surface area contributed by atoms with E-state index in [0.29, 0.717) is 25.2 Å². The molecule has 134 valence electrons. The molecule has 1 fully saturated rings. The molecule has 0 spiro atoms. The maximum atomic E-state index is 13.4. The van der Waals surface area contributed by atoms with E-state index in [9.17, 15) is 19.3 Å². The smallest absolute Gasteiger partial charge is 0.274 e. The van der Waals surface area contributed by atoms with Crippen LogP contribution in [0.15, 0.2) is 18.2 Å². The van der Waals surface area contributed by atoms with Crippen molar-refractivity contribution in [1.82, 2.24) is 10.2 Å². The van der Waals surface area contributed by atoms with Gasteiger partial charge in [-0.25, -0.2) is 4.39 Å². The SMILES string of the molecule is Cl.NCCNC(=O)C1CCCN(Cc2cc(F)ccc2[N+](=O)[O-])C1. The number of carbonyl (C=O) groups excluding carboxylic acids is 1. The van der Waals surface area contributed by atoms with Gasteiger partial charge in [-0.15, -0.1) is 12.4 Å². The largest absolute Gasteiger partial charge is 0.355 e. The highest BCUT2D eigenvalue weighted by Gasteiger charge is 2.27. The summed E-state index contributed by atoms with van der Waals surface area (Å²) in [5, 5.41) is 13.8. The van der Waals surface area contributed by atoms with Crippen molar-refractivity contribution in [3.05, 3.63) is 39.7 Å². The van der Waals surface area contributed by atoms with Crippen molar-refractivity contribution in [2.75, 3.05) is 26.2 Å². The highest BCUT2D eigenvalue weighted by atomic mass is 35.5. The number of benzene rings is 1. The monoisotopic (exact) mass is 360 g/mol. The molecule has 7 nitrogen and oxygen atoms in total. The van der Waals surface area contributed by atoms with Gasteiger partial charge in [0, 0.05) is 37.8 Å². The molecular formula is C15H22ClFN4O3. The third kappa shape index (κ3) is 5.40. The number of nitrogens with one attached hydrogen (secondary N) is 1. The molecule has 9 heteroatoms. The Morgan fingerprint density at radius 3 is 2.92 bits per heavy atom. The summed E-state index contributed by atoms with van der Waals surface area (Å²) >= 11 is 0. The Bertz CT molecular complexity index is 588. The lowest BCUT2D eigenvalue weighted by molar-refractivity contribution is -0.385. The Labute approximate surface area is 145 Å². The number of carbonyl (C=O) groups is 1. The molecular weight excluding hydrogens is 339 g/mol. The Kier molecular flexibility index (Phi) is 8.03. The first-order valence-corrected chi connectivity index (χ1v) is 7.64. The quantitative estimate of drug-likeness (QED) is 0.590. The number of nitrogens with two attached hydrogens (primary N) is 1. The average Bonchev–Trinajstić information content (AvgIpc) is 2.52. The van der Waals surface area contributed by atoms with Gasteiger partial charge in [-0.2, -0.15) is 0 Å². The Morgan fingerprint density at radius 2 is 2.25 bits per heavy atom. The van der Waals surface area contributed by atoms with Gasteiger partial charge < -0.3 is 11.1 Å². The van der Waals surface area contributed by atoms with Crippen LogP contribution in [0.4, 0.5) is 10.1 Å². The minimum absolute atomic E-state index is 0. The van der Waals surface area contributed by atoms with Gasteiger partial charge in [0.25, 0.3) is 5.69 Å². The molecule has 1 aliphatic rings. The predicted molar refractivity (Wildman–Crippen MR) is 90.4 cm³/mol. The van der Waals surface area contributed by atoms with Gasteiger partial charge in [-0.05, 0) is 31.5 Å². The number of nitro groups is 1. The lowest BCUT2D eigenvalue weighted by Gasteiger charge is -2.31. The summed E-state index contributed by atoms with van der Waals surface area (Å²) in [7, 11) is 0. The van der Waals surface area contributed by atoms with E-state index in [1.807, 2.05) is 4.90 Å². The van der Waals surface area contributed by atoms with E-state index in [0.717, 1.165) is 25.5 Å². The standard InChI is InChI=1S/C15H21FN4O3.ClH/c16-13-3-4-14(20(22)23)12(8-13)10-19-7-1-2-11(9-19)15(21)18-6-5-17;/h3-4,8,11H,1-2,5-7,9-10,17H2,(H,18,21);1H. The lowest BCUT2D eigenvalue weighted by Crippen LogP contribution is -2.43. The second-order valence-electron chi connectivity index (χ2n) is 5.68. The summed E-state index contributed by atoms with van der Waals surface area (Å²) in [5.41, 5.74) is 5.61. The number of hydrogen-bond donors (Lipinski definition) is 2. The van der Waals surface area contributed by atoms with Crippen molar-refractivity contribution in [2.24, 2.45) is 11.7 Å². The highest BCUT2D eigenvalue weighted by molar-refractivity contribution is 5.85. The van der Waals surface area contributed by atoms with Crippen molar-refractivity contribution in [3.8, 4) is 0 Å². The van der Waals surface area contributed by atoms with Gasteiger partial charge in [-0.1, -0.05) is 0 Å². The number of amides is 1. The Morgan fingerprint density at radius 1 is 1.50 bits per heavy atom. The molecule has 0 radical (unpaired) electrons. The van der Waals surface area contributed by atoms with Gasteiger partial charge in [0.1, 0.15) is 5.82 Å². The fourth-order valence-corrected chi connectivity index (χ4v) is 2.85. The molecule has 0 saturated carbocycles. The van der Waals surface area contributed by atoms with E-state index in [1.54, 1.807) is 0 Å². The first kappa shape index (κ1) is 20.3. The zero-order valence-corrected chi connectivity index (χ0v) is 14.1. The molecule has 2 rings (SSSR count). The van der Waals surface area contributed by atoms with Crippen LogP contribution in [0, 0.1) is 21.8 Å². The maximum Gasteiger partial charge on any atom is 0.274 e. The summed E-state index contributed by atoms with van der Waals surface area (Å²) < 4.78 is 13.4. The normalized spacial score (nSPS) is 17.8. The third-order valence-electron chi connectivity index (χ3n) is 3.95. The third-order valence-corrected chi connectivity index (χ3v) is 3.95. The number of halogens is 2. The van der Waals surface area contributed by atoms with Crippen molar-refractivity contribution in [2.45, 2.75) is 19.4 Å². The lowest BCUT2D eigenvalue weighted by atomic mass is 9.96. The minimum Gasteiger partial charge on any atom is -0.355 e.